The molecule has 0 radical (unpaired) electrons. The molecule has 1 aliphatic heterocycles. The van der Waals surface area contributed by atoms with E-state index in [-0.39, 0.29) is 5.91 Å². The Kier molecular flexibility index (Phi) is 3.87. The Labute approximate surface area is 145 Å². The van der Waals surface area contributed by atoms with Gasteiger partial charge in [0.25, 0.3) is 5.91 Å². The molecule has 4 rings (SSSR count). The number of amides is 1. The third kappa shape index (κ3) is 2.83. The SMILES string of the molecule is O=C(Nc1cccc(Cl)c1)C1CCc2ccc3ccccc3c2O1. The normalized spacial score (nSPS) is 16.3. The molecule has 24 heavy (non-hydrogen) atoms. The zero-order valence-corrected chi connectivity index (χ0v) is 13.7. The lowest BCUT2D eigenvalue weighted by molar-refractivity contribution is -0.123. The van der Waals surface area contributed by atoms with Gasteiger partial charge in [-0.05, 0) is 42.0 Å². The summed E-state index contributed by atoms with van der Waals surface area (Å²) in [5, 5.41) is 5.64. The Hall–Kier alpha value is -2.52. The number of aryl methyl sites for hydroxylation is 1. The van der Waals surface area contributed by atoms with E-state index in [0.717, 1.165) is 28.5 Å². The first-order valence-electron chi connectivity index (χ1n) is 7.94. The van der Waals surface area contributed by atoms with Crippen molar-refractivity contribution in [2.75, 3.05) is 5.32 Å². The van der Waals surface area contributed by atoms with E-state index in [2.05, 4.69) is 23.5 Å². The van der Waals surface area contributed by atoms with Crippen molar-refractivity contribution in [1.82, 2.24) is 0 Å². The highest BCUT2D eigenvalue weighted by Gasteiger charge is 2.27. The van der Waals surface area contributed by atoms with Crippen molar-refractivity contribution in [3.05, 3.63) is 71.2 Å². The molecule has 1 aliphatic rings. The maximum atomic E-state index is 12.5. The van der Waals surface area contributed by atoms with Crippen LogP contribution < -0.4 is 10.1 Å². The standard InChI is InChI=1S/C20H16ClNO2/c21-15-5-3-6-16(12-15)22-20(23)18-11-10-14-9-8-13-4-1-2-7-17(13)19(14)24-18/h1-9,12,18H,10-11H2,(H,22,23). The second-order valence-corrected chi connectivity index (χ2v) is 6.36. The van der Waals surface area contributed by atoms with Crippen molar-refractivity contribution in [2.24, 2.45) is 0 Å². The number of benzene rings is 3. The number of hydrogen-bond acceptors (Lipinski definition) is 2. The van der Waals surface area contributed by atoms with Gasteiger partial charge >= 0.3 is 0 Å². The molecule has 0 saturated carbocycles. The summed E-state index contributed by atoms with van der Waals surface area (Å²) in [6.45, 7) is 0. The summed E-state index contributed by atoms with van der Waals surface area (Å²) in [6.07, 6.45) is 0.994. The second-order valence-electron chi connectivity index (χ2n) is 5.92. The van der Waals surface area contributed by atoms with Gasteiger partial charge in [-0.15, -0.1) is 0 Å². The van der Waals surface area contributed by atoms with Crippen molar-refractivity contribution in [1.29, 1.82) is 0 Å². The summed E-state index contributed by atoms with van der Waals surface area (Å²) in [4.78, 5) is 12.5. The third-order valence-electron chi connectivity index (χ3n) is 4.28. The van der Waals surface area contributed by atoms with Crippen LogP contribution in [0.15, 0.2) is 60.7 Å². The molecule has 3 nitrogen and oxygen atoms in total. The molecule has 0 fully saturated rings. The Bertz CT molecular complexity index is 922. The second kappa shape index (κ2) is 6.17. The molecule has 0 bridgehead atoms. The van der Waals surface area contributed by atoms with Crippen LogP contribution in [-0.4, -0.2) is 12.0 Å². The first-order chi connectivity index (χ1) is 11.7. The number of nitrogens with one attached hydrogen (secondary N) is 1. The number of hydrogen-bond donors (Lipinski definition) is 1. The number of anilines is 1. The van der Waals surface area contributed by atoms with Crippen molar-refractivity contribution in [2.45, 2.75) is 18.9 Å². The first kappa shape index (κ1) is 15.0. The van der Waals surface area contributed by atoms with Crippen LogP contribution in [0.2, 0.25) is 5.02 Å². The number of ether oxygens (including phenoxy) is 1. The van der Waals surface area contributed by atoms with Gasteiger partial charge in [0.2, 0.25) is 0 Å². The average molecular weight is 338 g/mol. The largest absolute Gasteiger partial charge is 0.480 e. The zero-order chi connectivity index (χ0) is 16.5. The Balaban J connectivity index is 1.59. The molecule has 4 heteroatoms. The molecule has 1 atom stereocenters. The molecule has 0 aromatic heterocycles. The van der Waals surface area contributed by atoms with Crippen molar-refractivity contribution in [3.63, 3.8) is 0 Å². The summed E-state index contributed by atoms with van der Waals surface area (Å²) < 4.78 is 6.06. The smallest absolute Gasteiger partial charge is 0.265 e. The molecule has 1 N–H and O–H groups in total. The van der Waals surface area contributed by atoms with E-state index in [4.69, 9.17) is 16.3 Å². The van der Waals surface area contributed by atoms with E-state index in [9.17, 15) is 4.79 Å². The molecule has 1 heterocycles. The van der Waals surface area contributed by atoms with E-state index < -0.39 is 6.10 Å². The van der Waals surface area contributed by atoms with Crippen LogP contribution in [0, 0.1) is 0 Å². The van der Waals surface area contributed by atoms with E-state index in [1.807, 2.05) is 30.3 Å². The van der Waals surface area contributed by atoms with Gasteiger partial charge in [-0.25, -0.2) is 0 Å². The molecule has 3 aromatic rings. The minimum Gasteiger partial charge on any atom is -0.480 e. The quantitative estimate of drug-likeness (QED) is 0.727. The predicted molar refractivity (Wildman–Crippen MR) is 96.8 cm³/mol. The van der Waals surface area contributed by atoms with Crippen molar-refractivity contribution < 1.29 is 9.53 Å². The van der Waals surface area contributed by atoms with Crippen LogP contribution in [0.3, 0.4) is 0 Å². The maximum absolute atomic E-state index is 12.5. The monoisotopic (exact) mass is 337 g/mol. The van der Waals surface area contributed by atoms with Gasteiger partial charge in [-0.1, -0.05) is 54.1 Å². The van der Waals surface area contributed by atoms with Crippen LogP contribution in [-0.2, 0) is 11.2 Å². The molecule has 1 amide bonds. The fourth-order valence-electron chi connectivity index (χ4n) is 3.09. The zero-order valence-electron chi connectivity index (χ0n) is 13.0. The lowest BCUT2D eigenvalue weighted by Gasteiger charge is -2.26. The number of fused-ring (bicyclic) bond motifs is 3. The summed E-state index contributed by atoms with van der Waals surface area (Å²) in [6, 6.07) is 19.4. The molecule has 120 valence electrons. The fourth-order valence-corrected chi connectivity index (χ4v) is 3.28. The number of carbonyl (C=O) groups is 1. The highest BCUT2D eigenvalue weighted by molar-refractivity contribution is 6.30. The van der Waals surface area contributed by atoms with Crippen molar-refractivity contribution >= 4 is 34.0 Å². The van der Waals surface area contributed by atoms with Crippen LogP contribution >= 0.6 is 11.6 Å². The van der Waals surface area contributed by atoms with Gasteiger partial charge in [-0.3, -0.25) is 4.79 Å². The lowest BCUT2D eigenvalue weighted by atomic mass is 9.97. The van der Waals surface area contributed by atoms with Crippen LogP contribution in [0.4, 0.5) is 5.69 Å². The summed E-state index contributed by atoms with van der Waals surface area (Å²) in [7, 11) is 0. The fraction of sp³-hybridized carbons (Fsp3) is 0.150. The maximum Gasteiger partial charge on any atom is 0.265 e. The molecule has 1 unspecified atom stereocenters. The van der Waals surface area contributed by atoms with E-state index in [0.29, 0.717) is 17.1 Å². The average Bonchev–Trinajstić information content (AvgIpc) is 2.61. The van der Waals surface area contributed by atoms with Crippen molar-refractivity contribution in [3.8, 4) is 5.75 Å². The van der Waals surface area contributed by atoms with Gasteiger partial charge in [-0.2, -0.15) is 0 Å². The van der Waals surface area contributed by atoms with Gasteiger partial charge in [0, 0.05) is 16.1 Å². The minimum atomic E-state index is -0.498. The number of carbonyl (C=O) groups excluding carboxylic acids is 1. The molecular weight excluding hydrogens is 322 g/mol. The third-order valence-corrected chi connectivity index (χ3v) is 4.52. The summed E-state index contributed by atoms with van der Waals surface area (Å²) in [5.74, 6) is 0.682. The van der Waals surface area contributed by atoms with Crippen LogP contribution in [0.25, 0.3) is 10.8 Å². The van der Waals surface area contributed by atoms with E-state index >= 15 is 0 Å². The minimum absolute atomic E-state index is 0.143. The number of halogens is 1. The highest BCUT2D eigenvalue weighted by atomic mass is 35.5. The lowest BCUT2D eigenvalue weighted by Crippen LogP contribution is -2.35. The van der Waals surface area contributed by atoms with Gasteiger partial charge in [0.05, 0.1) is 0 Å². The first-order valence-corrected chi connectivity index (χ1v) is 8.32. The summed E-state index contributed by atoms with van der Waals surface area (Å²) in [5.41, 5.74) is 1.83. The van der Waals surface area contributed by atoms with Gasteiger partial charge in [0.1, 0.15) is 5.75 Å². The topological polar surface area (TPSA) is 38.3 Å². The Morgan fingerprint density at radius 1 is 1.08 bits per heavy atom. The van der Waals surface area contributed by atoms with Gasteiger partial charge in [0.15, 0.2) is 6.10 Å². The van der Waals surface area contributed by atoms with E-state index in [1.54, 1.807) is 12.1 Å². The number of rotatable bonds is 2. The predicted octanol–water partition coefficient (Wildman–Crippen LogP) is 4.83. The molecule has 3 aromatic carbocycles. The highest BCUT2D eigenvalue weighted by Crippen LogP contribution is 2.35. The van der Waals surface area contributed by atoms with Gasteiger partial charge < -0.3 is 10.1 Å². The molecule has 0 aliphatic carbocycles. The van der Waals surface area contributed by atoms with E-state index in [1.165, 1.54) is 0 Å². The molecular formula is C20H16ClNO2. The molecule has 0 spiro atoms. The summed E-state index contributed by atoms with van der Waals surface area (Å²) >= 11 is 5.96. The Morgan fingerprint density at radius 3 is 2.83 bits per heavy atom. The van der Waals surface area contributed by atoms with Crippen LogP contribution in [0.5, 0.6) is 5.75 Å². The Morgan fingerprint density at radius 2 is 1.96 bits per heavy atom. The van der Waals surface area contributed by atoms with Crippen LogP contribution in [0.1, 0.15) is 12.0 Å². The molecule has 0 saturated heterocycles.